The lowest BCUT2D eigenvalue weighted by Gasteiger charge is -2.53. The van der Waals surface area contributed by atoms with Gasteiger partial charge in [-0.25, -0.2) is 15.0 Å². The van der Waals surface area contributed by atoms with Gasteiger partial charge in [0, 0.05) is 43.1 Å². The van der Waals surface area contributed by atoms with Crippen LogP contribution >= 0.6 is 0 Å². The molecule has 0 N–H and O–H groups in total. The Kier molecular flexibility index (Phi) is 4.45. The van der Waals surface area contributed by atoms with Crippen molar-refractivity contribution in [3.8, 4) is 5.82 Å². The summed E-state index contributed by atoms with van der Waals surface area (Å²) >= 11 is 0. The van der Waals surface area contributed by atoms with Crippen LogP contribution in [0.5, 0.6) is 0 Å². The van der Waals surface area contributed by atoms with Crippen molar-refractivity contribution in [2.24, 2.45) is 5.92 Å². The molecular weight excluding hydrogens is 380 g/mol. The van der Waals surface area contributed by atoms with E-state index in [9.17, 15) is 4.79 Å². The number of rotatable bonds is 3. The van der Waals surface area contributed by atoms with Crippen LogP contribution < -0.4 is 4.90 Å². The van der Waals surface area contributed by atoms with Crippen molar-refractivity contribution in [2.75, 3.05) is 24.5 Å². The van der Waals surface area contributed by atoms with Gasteiger partial charge in [-0.3, -0.25) is 4.79 Å². The minimum Gasteiger partial charge on any atom is -0.336 e. The fraction of sp³-hybridized carbons (Fsp3) is 0.429. The molecule has 9 nitrogen and oxygen atoms in total. The highest BCUT2D eigenvalue weighted by Crippen LogP contribution is 2.35. The van der Waals surface area contributed by atoms with Gasteiger partial charge >= 0.3 is 0 Å². The summed E-state index contributed by atoms with van der Waals surface area (Å²) in [5.74, 6) is 1.76. The summed E-state index contributed by atoms with van der Waals surface area (Å²) in [6.45, 7) is 8.25. The molecule has 1 amide bonds. The van der Waals surface area contributed by atoms with E-state index in [1.807, 2.05) is 37.8 Å². The number of carbonyl (C=O) groups is 1. The lowest BCUT2D eigenvalue weighted by Crippen LogP contribution is -2.65. The van der Waals surface area contributed by atoms with E-state index in [1.54, 1.807) is 18.6 Å². The predicted octanol–water partition coefficient (Wildman–Crippen LogP) is 1.73. The Morgan fingerprint density at radius 2 is 1.77 bits per heavy atom. The van der Waals surface area contributed by atoms with Gasteiger partial charge in [-0.1, -0.05) is 0 Å². The highest BCUT2D eigenvalue weighted by molar-refractivity contribution is 5.97. The molecule has 9 heteroatoms. The van der Waals surface area contributed by atoms with Crippen molar-refractivity contribution >= 4 is 11.9 Å². The highest BCUT2D eigenvalue weighted by atomic mass is 16.2. The first-order chi connectivity index (χ1) is 14.5. The Hall–Kier alpha value is -3.36. The number of fused-ring (bicyclic) bond motifs is 1. The molecule has 30 heavy (non-hydrogen) atoms. The van der Waals surface area contributed by atoms with Gasteiger partial charge < -0.3 is 9.80 Å². The van der Waals surface area contributed by atoms with Crippen molar-refractivity contribution in [2.45, 2.75) is 33.2 Å². The number of piperidine rings is 1. The van der Waals surface area contributed by atoms with E-state index in [2.05, 4.69) is 30.0 Å². The number of amides is 1. The third-order valence-electron chi connectivity index (χ3n) is 5.91. The third kappa shape index (κ3) is 3.20. The van der Waals surface area contributed by atoms with Crippen LogP contribution in [0.3, 0.4) is 0 Å². The molecule has 0 saturated carbocycles. The second kappa shape index (κ2) is 7.16. The van der Waals surface area contributed by atoms with Gasteiger partial charge in [0.15, 0.2) is 5.82 Å². The number of likely N-dealkylation sites (tertiary alicyclic amines) is 1. The van der Waals surface area contributed by atoms with Crippen LogP contribution in [0.2, 0.25) is 0 Å². The number of pyridine rings is 1. The molecule has 154 valence electrons. The molecule has 0 aromatic carbocycles. The van der Waals surface area contributed by atoms with E-state index in [0.29, 0.717) is 23.8 Å². The van der Waals surface area contributed by atoms with E-state index < -0.39 is 0 Å². The van der Waals surface area contributed by atoms with Crippen molar-refractivity contribution in [3.63, 3.8) is 0 Å². The molecular formula is C21H24N8O. The van der Waals surface area contributed by atoms with Gasteiger partial charge in [0.25, 0.3) is 5.91 Å². The summed E-state index contributed by atoms with van der Waals surface area (Å²) in [5, 5.41) is 8.32. The van der Waals surface area contributed by atoms with Crippen molar-refractivity contribution in [1.82, 2.24) is 34.8 Å². The Morgan fingerprint density at radius 3 is 2.50 bits per heavy atom. The lowest BCUT2D eigenvalue weighted by molar-refractivity contribution is 0.0588. The molecule has 0 aliphatic carbocycles. The van der Waals surface area contributed by atoms with Crippen LogP contribution in [0.1, 0.15) is 33.7 Å². The number of aromatic nitrogens is 6. The van der Waals surface area contributed by atoms with Crippen LogP contribution in [-0.2, 0) is 0 Å². The van der Waals surface area contributed by atoms with Gasteiger partial charge in [-0.2, -0.15) is 10.2 Å². The van der Waals surface area contributed by atoms with Crippen LogP contribution in [0.4, 0.5) is 5.95 Å². The lowest BCUT2D eigenvalue weighted by atomic mass is 9.82. The Balaban J connectivity index is 1.40. The summed E-state index contributed by atoms with van der Waals surface area (Å²) in [7, 11) is 0. The normalized spacial score (nSPS) is 20.6. The SMILES string of the molecule is Cc1cnc(-n2nccn2)c(C(=O)N2CC[C@H]3CN(c4nc(C)cc(C)n4)[C@H]3C2)c1. The largest absolute Gasteiger partial charge is 0.336 e. The minimum absolute atomic E-state index is 0.0369. The molecule has 3 aromatic heterocycles. The molecule has 3 aromatic rings. The van der Waals surface area contributed by atoms with E-state index >= 15 is 0 Å². The van der Waals surface area contributed by atoms with Gasteiger partial charge in [-0.15, -0.1) is 4.80 Å². The number of hydrogen-bond donors (Lipinski definition) is 0. The molecule has 0 radical (unpaired) electrons. The highest BCUT2D eigenvalue weighted by Gasteiger charge is 2.45. The maximum Gasteiger partial charge on any atom is 0.257 e. The number of carbonyl (C=O) groups excluding carboxylic acids is 1. The summed E-state index contributed by atoms with van der Waals surface area (Å²) in [5.41, 5.74) is 3.38. The van der Waals surface area contributed by atoms with Crippen molar-refractivity contribution in [3.05, 3.63) is 53.2 Å². The van der Waals surface area contributed by atoms with Crippen molar-refractivity contribution in [1.29, 1.82) is 0 Å². The fourth-order valence-corrected chi connectivity index (χ4v) is 4.42. The quantitative estimate of drug-likeness (QED) is 0.656. The number of aryl methyl sites for hydroxylation is 3. The first-order valence-electron chi connectivity index (χ1n) is 10.2. The Labute approximate surface area is 174 Å². The summed E-state index contributed by atoms with van der Waals surface area (Å²) in [6.07, 6.45) is 5.87. The molecule has 2 saturated heterocycles. The minimum atomic E-state index is -0.0369. The van der Waals surface area contributed by atoms with Gasteiger partial charge in [0.2, 0.25) is 5.95 Å². The molecule has 0 bridgehead atoms. The van der Waals surface area contributed by atoms with Gasteiger partial charge in [-0.05, 0) is 44.9 Å². The van der Waals surface area contributed by atoms with Gasteiger partial charge in [0.05, 0.1) is 24.0 Å². The second-order valence-electron chi connectivity index (χ2n) is 8.17. The monoisotopic (exact) mass is 404 g/mol. The van der Waals surface area contributed by atoms with Crippen LogP contribution in [-0.4, -0.2) is 66.4 Å². The van der Waals surface area contributed by atoms with E-state index in [0.717, 1.165) is 42.4 Å². The van der Waals surface area contributed by atoms with Crippen LogP contribution in [0.25, 0.3) is 5.82 Å². The zero-order chi connectivity index (χ0) is 20.8. The van der Waals surface area contributed by atoms with Crippen LogP contribution in [0, 0.1) is 26.7 Å². The smallest absolute Gasteiger partial charge is 0.257 e. The van der Waals surface area contributed by atoms with E-state index in [4.69, 9.17) is 0 Å². The van der Waals surface area contributed by atoms with Gasteiger partial charge in [0.1, 0.15) is 0 Å². The maximum atomic E-state index is 13.5. The molecule has 5 heterocycles. The average Bonchev–Trinajstić information content (AvgIpc) is 3.22. The van der Waals surface area contributed by atoms with E-state index in [1.165, 1.54) is 4.80 Å². The molecule has 2 aliphatic rings. The van der Waals surface area contributed by atoms with E-state index in [-0.39, 0.29) is 11.9 Å². The fourth-order valence-electron chi connectivity index (χ4n) is 4.42. The zero-order valence-corrected chi connectivity index (χ0v) is 17.4. The Morgan fingerprint density at radius 1 is 1.03 bits per heavy atom. The van der Waals surface area contributed by atoms with Crippen LogP contribution in [0.15, 0.2) is 30.7 Å². The number of anilines is 1. The molecule has 2 atom stereocenters. The molecule has 0 unspecified atom stereocenters. The second-order valence-corrected chi connectivity index (χ2v) is 8.17. The number of hydrogen-bond acceptors (Lipinski definition) is 7. The zero-order valence-electron chi connectivity index (χ0n) is 17.4. The molecule has 0 spiro atoms. The predicted molar refractivity (Wildman–Crippen MR) is 111 cm³/mol. The first kappa shape index (κ1) is 18.7. The topological polar surface area (TPSA) is 92.9 Å². The number of nitrogens with zero attached hydrogens (tertiary/aromatic N) is 8. The molecule has 2 fully saturated rings. The standard InChI is InChI=1S/C21H24N8O/c1-13-8-17(19(22-10-13)29-23-5-6-24-29)20(30)27-7-4-16-11-28(18(16)12-27)21-25-14(2)9-15(3)26-21/h5-6,8-10,16,18H,4,7,11-12H2,1-3H3/t16-,18-/m0/s1. The average molecular weight is 404 g/mol. The third-order valence-corrected chi connectivity index (χ3v) is 5.91. The first-order valence-corrected chi connectivity index (χ1v) is 10.2. The molecule has 5 rings (SSSR count). The van der Waals surface area contributed by atoms with Crippen molar-refractivity contribution < 1.29 is 4.79 Å². The summed E-state index contributed by atoms with van der Waals surface area (Å²) in [4.78, 5) is 32.7. The summed E-state index contributed by atoms with van der Waals surface area (Å²) in [6, 6.07) is 4.09. The molecule has 2 aliphatic heterocycles. The summed E-state index contributed by atoms with van der Waals surface area (Å²) < 4.78 is 0. The maximum absolute atomic E-state index is 13.5. The Bertz CT molecular complexity index is 1080.